The molecule has 0 saturated heterocycles. The molecule has 0 heterocycles. The highest BCUT2D eigenvalue weighted by atomic mass is 35.5. The minimum atomic E-state index is 0.724. The van der Waals surface area contributed by atoms with E-state index in [2.05, 4.69) is 25.1 Å². The lowest BCUT2D eigenvalue weighted by atomic mass is 9.93. The van der Waals surface area contributed by atoms with Crippen LogP contribution in [0, 0.1) is 26.8 Å². The Kier molecular flexibility index (Phi) is 3.02. The molecule has 0 aromatic heterocycles. The van der Waals surface area contributed by atoms with E-state index in [1.54, 1.807) is 0 Å². The molecule has 0 atom stereocenters. The summed E-state index contributed by atoms with van der Waals surface area (Å²) in [6.07, 6.45) is 0. The van der Waals surface area contributed by atoms with Crippen molar-refractivity contribution in [3.05, 3.63) is 58.1 Å². The lowest BCUT2D eigenvalue weighted by molar-refractivity contribution is 1.29. The second-order valence-electron chi connectivity index (χ2n) is 4.06. The van der Waals surface area contributed by atoms with E-state index in [0.29, 0.717) is 0 Å². The molecule has 2 rings (SSSR count). The number of rotatable bonds is 1. The number of hydrogen-bond acceptors (Lipinski definition) is 0. The van der Waals surface area contributed by atoms with Gasteiger partial charge in [0.2, 0.25) is 0 Å². The molecular weight excluding hydrogens is 216 g/mol. The van der Waals surface area contributed by atoms with Gasteiger partial charge in [0.05, 0.1) is 5.02 Å². The van der Waals surface area contributed by atoms with Gasteiger partial charge in [-0.3, -0.25) is 0 Å². The Bertz CT molecular complexity index is 486. The molecule has 0 aliphatic heterocycles. The average molecular weight is 230 g/mol. The summed E-state index contributed by atoms with van der Waals surface area (Å²) in [5.41, 5.74) is 5.94. The number of halogens is 1. The van der Waals surface area contributed by atoms with Crippen molar-refractivity contribution in [3.63, 3.8) is 0 Å². The van der Waals surface area contributed by atoms with Crippen LogP contribution in [0.15, 0.2) is 30.3 Å². The predicted molar refractivity (Wildman–Crippen MR) is 69.9 cm³/mol. The molecule has 81 valence electrons. The standard InChI is InChI=1S/C15H14Cl/c1-10-9-14(16)12(3)15(11(10)2)13-7-5-4-6-8-13/h4-8H,1-3H3. The van der Waals surface area contributed by atoms with Gasteiger partial charge < -0.3 is 0 Å². The van der Waals surface area contributed by atoms with Gasteiger partial charge in [-0.05, 0) is 48.6 Å². The molecule has 1 radical (unpaired) electrons. The molecule has 2 aromatic rings. The van der Waals surface area contributed by atoms with Gasteiger partial charge in [0.25, 0.3) is 0 Å². The Morgan fingerprint density at radius 1 is 0.938 bits per heavy atom. The van der Waals surface area contributed by atoms with Crippen LogP contribution >= 0.6 is 11.6 Å². The van der Waals surface area contributed by atoms with E-state index in [9.17, 15) is 0 Å². The minimum Gasteiger partial charge on any atom is -0.0833 e. The molecule has 0 N–H and O–H groups in total. The van der Waals surface area contributed by atoms with Gasteiger partial charge in [-0.25, -0.2) is 0 Å². The first-order valence-corrected chi connectivity index (χ1v) is 5.73. The second kappa shape index (κ2) is 4.31. The smallest absolute Gasteiger partial charge is 0.0523 e. The first-order chi connectivity index (χ1) is 7.61. The Morgan fingerprint density at radius 3 is 2.19 bits per heavy atom. The highest BCUT2D eigenvalue weighted by Gasteiger charge is 2.10. The molecule has 16 heavy (non-hydrogen) atoms. The normalized spacial score (nSPS) is 10.5. The van der Waals surface area contributed by atoms with Crippen molar-refractivity contribution in [2.45, 2.75) is 20.8 Å². The molecule has 0 amide bonds. The van der Waals surface area contributed by atoms with Gasteiger partial charge in [-0.1, -0.05) is 41.9 Å². The lowest BCUT2D eigenvalue weighted by Gasteiger charge is -2.13. The number of aryl methyl sites for hydroxylation is 1. The summed E-state index contributed by atoms with van der Waals surface area (Å²) in [5, 5.41) is 0.724. The van der Waals surface area contributed by atoms with E-state index in [1.165, 1.54) is 16.7 Å². The van der Waals surface area contributed by atoms with Crippen LogP contribution in [0.4, 0.5) is 0 Å². The third-order valence-corrected chi connectivity index (χ3v) is 3.38. The maximum Gasteiger partial charge on any atom is 0.0523 e. The third-order valence-electron chi connectivity index (χ3n) is 3.00. The molecule has 0 fully saturated rings. The fourth-order valence-corrected chi connectivity index (χ4v) is 2.20. The summed E-state index contributed by atoms with van der Waals surface area (Å²) in [6, 6.07) is 13.5. The van der Waals surface area contributed by atoms with Gasteiger partial charge in [0.1, 0.15) is 0 Å². The van der Waals surface area contributed by atoms with E-state index in [4.69, 9.17) is 11.6 Å². The Morgan fingerprint density at radius 2 is 1.56 bits per heavy atom. The van der Waals surface area contributed by atoms with Crippen LogP contribution in [0.5, 0.6) is 0 Å². The van der Waals surface area contributed by atoms with Crippen LogP contribution < -0.4 is 0 Å². The number of hydrogen-bond donors (Lipinski definition) is 0. The topological polar surface area (TPSA) is 0 Å². The van der Waals surface area contributed by atoms with Gasteiger partial charge in [0.15, 0.2) is 0 Å². The Balaban J connectivity index is 2.74. The molecule has 0 saturated carbocycles. The summed E-state index contributed by atoms with van der Waals surface area (Å²) in [6.45, 7) is 6.22. The van der Waals surface area contributed by atoms with Crippen molar-refractivity contribution in [2.75, 3.05) is 0 Å². The lowest BCUT2D eigenvalue weighted by Crippen LogP contribution is -1.93. The third kappa shape index (κ3) is 1.85. The zero-order valence-electron chi connectivity index (χ0n) is 9.76. The van der Waals surface area contributed by atoms with Gasteiger partial charge in [-0.15, -0.1) is 0 Å². The molecule has 0 unspecified atom stereocenters. The van der Waals surface area contributed by atoms with Gasteiger partial charge in [-0.2, -0.15) is 0 Å². The van der Waals surface area contributed by atoms with Crippen LogP contribution in [0.1, 0.15) is 16.7 Å². The summed E-state index contributed by atoms with van der Waals surface area (Å²) in [4.78, 5) is 0. The van der Waals surface area contributed by atoms with Crippen LogP contribution in [-0.2, 0) is 0 Å². The highest BCUT2D eigenvalue weighted by molar-refractivity contribution is 6.31. The summed E-state index contributed by atoms with van der Waals surface area (Å²) in [7, 11) is 0. The van der Waals surface area contributed by atoms with Gasteiger partial charge in [0, 0.05) is 6.07 Å². The largest absolute Gasteiger partial charge is 0.0833 e. The van der Waals surface area contributed by atoms with E-state index in [1.807, 2.05) is 32.0 Å². The Hall–Kier alpha value is -1.27. The van der Waals surface area contributed by atoms with Crippen molar-refractivity contribution in [3.8, 4) is 11.1 Å². The van der Waals surface area contributed by atoms with E-state index >= 15 is 0 Å². The maximum atomic E-state index is 6.19. The zero-order chi connectivity index (χ0) is 11.7. The molecule has 1 heteroatoms. The van der Waals surface area contributed by atoms with Crippen LogP contribution in [0.3, 0.4) is 0 Å². The monoisotopic (exact) mass is 229 g/mol. The predicted octanol–water partition coefficient (Wildman–Crippen LogP) is 4.73. The molecule has 2 aromatic carbocycles. The van der Waals surface area contributed by atoms with Crippen LogP contribution in [0.25, 0.3) is 11.1 Å². The summed E-state index contributed by atoms with van der Waals surface area (Å²) < 4.78 is 0. The quantitative estimate of drug-likeness (QED) is 0.663. The van der Waals surface area contributed by atoms with Crippen molar-refractivity contribution >= 4 is 11.6 Å². The fourth-order valence-electron chi connectivity index (χ4n) is 1.97. The van der Waals surface area contributed by atoms with E-state index in [-0.39, 0.29) is 0 Å². The average Bonchev–Trinajstić information content (AvgIpc) is 2.28. The summed E-state index contributed by atoms with van der Waals surface area (Å²) >= 11 is 6.19. The second-order valence-corrected chi connectivity index (χ2v) is 4.43. The fraction of sp³-hybridized carbons (Fsp3) is 0.200. The molecular formula is C15H14Cl. The molecule has 0 aliphatic carbocycles. The van der Waals surface area contributed by atoms with E-state index in [0.717, 1.165) is 16.1 Å². The van der Waals surface area contributed by atoms with Gasteiger partial charge >= 0.3 is 0 Å². The number of benzene rings is 2. The molecule has 0 aliphatic rings. The van der Waals surface area contributed by atoms with Crippen molar-refractivity contribution in [2.24, 2.45) is 0 Å². The molecule has 0 nitrogen and oxygen atoms in total. The maximum absolute atomic E-state index is 6.19. The van der Waals surface area contributed by atoms with Crippen molar-refractivity contribution < 1.29 is 0 Å². The Labute approximate surface area is 102 Å². The first kappa shape index (κ1) is 11.2. The van der Waals surface area contributed by atoms with Crippen LogP contribution in [0.2, 0.25) is 5.02 Å². The highest BCUT2D eigenvalue weighted by Crippen LogP contribution is 2.33. The van der Waals surface area contributed by atoms with Crippen LogP contribution in [-0.4, -0.2) is 0 Å². The van der Waals surface area contributed by atoms with Crippen molar-refractivity contribution in [1.82, 2.24) is 0 Å². The minimum absolute atomic E-state index is 0.724. The first-order valence-electron chi connectivity index (χ1n) is 5.35. The van der Waals surface area contributed by atoms with Crippen molar-refractivity contribution in [1.29, 1.82) is 0 Å². The summed E-state index contributed by atoms with van der Waals surface area (Å²) in [5.74, 6) is 0. The zero-order valence-corrected chi connectivity index (χ0v) is 10.5. The molecule has 0 spiro atoms. The van der Waals surface area contributed by atoms with E-state index < -0.39 is 0 Å². The SMILES string of the molecule is Cc1[c]c(Cl)c(C)c(-c2ccccc2)c1C. The molecule has 0 bridgehead atoms.